The molecule has 2 bridgehead atoms. The first-order valence-electron chi connectivity index (χ1n) is 7.25. The summed E-state index contributed by atoms with van der Waals surface area (Å²) in [4.78, 5) is 12.0. The molecule has 0 spiro atoms. The number of nitrogens with one attached hydrogen (secondary N) is 2. The number of rotatable bonds is 4. The van der Waals surface area contributed by atoms with Crippen LogP contribution in [0.2, 0.25) is 0 Å². The Balaban J connectivity index is 1.45. The lowest BCUT2D eigenvalue weighted by Gasteiger charge is -2.28. The van der Waals surface area contributed by atoms with Crippen LogP contribution in [-0.2, 0) is 11.3 Å². The molecule has 1 aromatic heterocycles. The molecule has 2 aliphatic rings. The Kier molecular flexibility index (Phi) is 3.89. The maximum absolute atomic E-state index is 12.0. The van der Waals surface area contributed by atoms with Crippen molar-refractivity contribution in [1.82, 2.24) is 10.6 Å². The number of amides is 1. The fraction of sp³-hybridized carbons (Fsp3) is 0.667. The van der Waals surface area contributed by atoms with E-state index in [2.05, 4.69) is 28.3 Å². The minimum absolute atomic E-state index is 0.219. The Hall–Kier alpha value is -0.870. The smallest absolute Gasteiger partial charge is 0.220 e. The van der Waals surface area contributed by atoms with Crippen LogP contribution < -0.4 is 10.6 Å². The average Bonchev–Trinajstić information content (AvgIpc) is 2.93. The van der Waals surface area contributed by atoms with Crippen molar-refractivity contribution in [2.75, 3.05) is 0 Å². The highest BCUT2D eigenvalue weighted by atomic mass is 32.1. The molecule has 2 atom stereocenters. The first-order chi connectivity index (χ1) is 9.20. The lowest BCUT2D eigenvalue weighted by molar-refractivity contribution is -0.122. The molecule has 0 aromatic carbocycles. The van der Waals surface area contributed by atoms with Gasteiger partial charge >= 0.3 is 0 Å². The van der Waals surface area contributed by atoms with Crippen LogP contribution in [0.5, 0.6) is 0 Å². The minimum atomic E-state index is 0.219. The zero-order valence-corrected chi connectivity index (χ0v) is 12.3. The molecule has 3 heterocycles. The number of fused-ring (bicyclic) bond motifs is 2. The van der Waals surface area contributed by atoms with Crippen LogP contribution in [-0.4, -0.2) is 18.0 Å². The van der Waals surface area contributed by atoms with Gasteiger partial charge in [0.25, 0.3) is 0 Å². The van der Waals surface area contributed by atoms with Crippen molar-refractivity contribution >= 4 is 17.2 Å². The van der Waals surface area contributed by atoms with Gasteiger partial charge in [-0.2, -0.15) is 11.3 Å². The van der Waals surface area contributed by atoms with E-state index in [0.717, 1.165) is 0 Å². The molecule has 2 unspecified atom stereocenters. The lowest BCUT2D eigenvalue weighted by Crippen LogP contribution is -2.39. The van der Waals surface area contributed by atoms with Crippen molar-refractivity contribution in [3.63, 3.8) is 0 Å². The van der Waals surface area contributed by atoms with Crippen molar-refractivity contribution in [1.29, 1.82) is 0 Å². The van der Waals surface area contributed by atoms with Gasteiger partial charge in [-0.05, 0) is 60.4 Å². The highest BCUT2D eigenvalue weighted by Gasteiger charge is 2.34. The molecule has 104 valence electrons. The van der Waals surface area contributed by atoms with Gasteiger partial charge in [-0.15, -0.1) is 0 Å². The third-order valence-electron chi connectivity index (χ3n) is 4.48. The normalized spacial score (nSPS) is 29.4. The van der Waals surface area contributed by atoms with Gasteiger partial charge < -0.3 is 10.6 Å². The molecule has 2 fully saturated rings. The fourth-order valence-corrected chi connectivity index (χ4v) is 4.29. The zero-order chi connectivity index (χ0) is 13.2. The number of aryl methyl sites for hydroxylation is 1. The summed E-state index contributed by atoms with van der Waals surface area (Å²) >= 11 is 1.70. The largest absolute Gasteiger partial charge is 0.352 e. The second-order valence-electron chi connectivity index (χ2n) is 6.04. The van der Waals surface area contributed by atoms with Crippen molar-refractivity contribution in [2.45, 2.75) is 57.7 Å². The maximum Gasteiger partial charge on any atom is 0.220 e. The fourth-order valence-electron chi connectivity index (χ4n) is 3.44. The number of hydrogen-bond acceptors (Lipinski definition) is 3. The standard InChI is InChI=1S/C15H22N2OS/c1-10-8-19-9-12(10)7-16-15(18)6-11-4-13-2-3-14(5-11)17-13/h8-9,11,13-14,17H,2-7H2,1H3,(H,16,18). The predicted molar refractivity (Wildman–Crippen MR) is 78.2 cm³/mol. The van der Waals surface area contributed by atoms with Gasteiger partial charge in [-0.3, -0.25) is 4.79 Å². The number of thiophene rings is 1. The quantitative estimate of drug-likeness (QED) is 0.889. The molecule has 0 aliphatic carbocycles. The van der Waals surface area contributed by atoms with Crippen LogP contribution in [0.1, 0.15) is 43.2 Å². The van der Waals surface area contributed by atoms with Crippen LogP contribution in [0.25, 0.3) is 0 Å². The van der Waals surface area contributed by atoms with Crippen LogP contribution in [0.3, 0.4) is 0 Å². The summed E-state index contributed by atoms with van der Waals surface area (Å²) in [7, 11) is 0. The van der Waals surface area contributed by atoms with Gasteiger partial charge in [0, 0.05) is 25.0 Å². The first-order valence-corrected chi connectivity index (χ1v) is 8.19. The summed E-state index contributed by atoms with van der Waals surface area (Å²) in [5, 5.41) is 11.0. The molecular formula is C15H22N2OS. The summed E-state index contributed by atoms with van der Waals surface area (Å²) in [6.45, 7) is 2.79. The van der Waals surface area contributed by atoms with Crippen LogP contribution in [0.15, 0.2) is 10.8 Å². The maximum atomic E-state index is 12.0. The van der Waals surface area contributed by atoms with E-state index < -0.39 is 0 Å². The van der Waals surface area contributed by atoms with Gasteiger partial charge in [0.1, 0.15) is 0 Å². The molecule has 4 heteroatoms. The van der Waals surface area contributed by atoms with E-state index >= 15 is 0 Å². The second kappa shape index (κ2) is 5.63. The highest BCUT2D eigenvalue weighted by Crippen LogP contribution is 2.32. The third kappa shape index (κ3) is 3.18. The third-order valence-corrected chi connectivity index (χ3v) is 5.39. The summed E-state index contributed by atoms with van der Waals surface area (Å²) in [5.41, 5.74) is 2.54. The molecule has 3 rings (SSSR count). The number of carbonyl (C=O) groups excluding carboxylic acids is 1. The van der Waals surface area contributed by atoms with Crippen molar-refractivity contribution in [3.8, 4) is 0 Å². The van der Waals surface area contributed by atoms with Gasteiger partial charge in [0.15, 0.2) is 0 Å². The van der Waals surface area contributed by atoms with Gasteiger partial charge in [0.05, 0.1) is 0 Å². The van der Waals surface area contributed by atoms with Crippen molar-refractivity contribution in [3.05, 3.63) is 21.9 Å². The highest BCUT2D eigenvalue weighted by molar-refractivity contribution is 7.08. The van der Waals surface area contributed by atoms with E-state index in [0.29, 0.717) is 31.0 Å². The first kappa shape index (κ1) is 13.1. The van der Waals surface area contributed by atoms with Gasteiger partial charge in [-0.25, -0.2) is 0 Å². The Bertz CT molecular complexity index is 445. The molecule has 3 nitrogen and oxygen atoms in total. The van der Waals surface area contributed by atoms with Crippen LogP contribution in [0, 0.1) is 12.8 Å². The van der Waals surface area contributed by atoms with E-state index in [1.807, 2.05) is 0 Å². The Morgan fingerprint density at radius 2 is 2.11 bits per heavy atom. The SMILES string of the molecule is Cc1cscc1CNC(=O)CC1CC2CCC(C1)N2. The molecule has 2 N–H and O–H groups in total. The summed E-state index contributed by atoms with van der Waals surface area (Å²) < 4.78 is 0. The van der Waals surface area contributed by atoms with E-state index in [1.165, 1.54) is 36.8 Å². The topological polar surface area (TPSA) is 41.1 Å². The second-order valence-corrected chi connectivity index (χ2v) is 6.78. The van der Waals surface area contributed by atoms with E-state index in [-0.39, 0.29) is 5.91 Å². The molecule has 0 saturated carbocycles. The van der Waals surface area contributed by atoms with E-state index in [9.17, 15) is 4.79 Å². The molecule has 0 radical (unpaired) electrons. The average molecular weight is 278 g/mol. The number of piperidine rings is 1. The molecular weight excluding hydrogens is 256 g/mol. The summed E-state index contributed by atoms with van der Waals surface area (Å²) in [5.74, 6) is 0.805. The number of hydrogen-bond donors (Lipinski definition) is 2. The Morgan fingerprint density at radius 1 is 1.37 bits per heavy atom. The minimum Gasteiger partial charge on any atom is -0.352 e. The van der Waals surface area contributed by atoms with Gasteiger partial charge in [0.2, 0.25) is 5.91 Å². The lowest BCUT2D eigenvalue weighted by atomic mass is 9.89. The Labute approximate surface area is 118 Å². The van der Waals surface area contributed by atoms with Crippen molar-refractivity contribution in [2.24, 2.45) is 5.92 Å². The summed E-state index contributed by atoms with van der Waals surface area (Å²) in [6, 6.07) is 1.35. The molecule has 1 amide bonds. The molecule has 1 aromatic rings. The zero-order valence-electron chi connectivity index (χ0n) is 11.4. The van der Waals surface area contributed by atoms with Crippen molar-refractivity contribution < 1.29 is 4.79 Å². The number of carbonyl (C=O) groups is 1. The Morgan fingerprint density at radius 3 is 2.74 bits per heavy atom. The van der Waals surface area contributed by atoms with E-state index in [1.54, 1.807) is 11.3 Å². The van der Waals surface area contributed by atoms with E-state index in [4.69, 9.17) is 0 Å². The molecule has 2 aliphatic heterocycles. The molecule has 2 saturated heterocycles. The molecule has 19 heavy (non-hydrogen) atoms. The van der Waals surface area contributed by atoms with Crippen LogP contribution >= 0.6 is 11.3 Å². The van der Waals surface area contributed by atoms with Crippen LogP contribution in [0.4, 0.5) is 0 Å². The van der Waals surface area contributed by atoms with Gasteiger partial charge in [-0.1, -0.05) is 0 Å². The predicted octanol–water partition coefficient (Wildman–Crippen LogP) is 2.59. The monoisotopic (exact) mass is 278 g/mol. The summed E-state index contributed by atoms with van der Waals surface area (Å²) in [6.07, 6.45) is 5.68.